The molecule has 0 aliphatic carbocycles. The minimum atomic E-state index is -1.98. The van der Waals surface area contributed by atoms with Gasteiger partial charge in [-0.15, -0.1) is 0 Å². The average molecular weight is 2360 g/mol. The Morgan fingerprint density at radius 2 is 0.600 bits per heavy atom. The molecule has 0 aliphatic heterocycles. The zero-order valence-electron chi connectivity index (χ0n) is 81.5. The number of fused-ring (bicyclic) bond motifs is 6. The van der Waals surface area contributed by atoms with Crippen molar-refractivity contribution in [2.45, 2.75) is 102 Å². The quantitative estimate of drug-likeness (QED) is 0.00554. The number of amides is 2. The molecule has 2 aromatic heterocycles. The van der Waals surface area contributed by atoms with Gasteiger partial charge in [0.25, 0.3) is 0 Å². The van der Waals surface area contributed by atoms with Crippen LogP contribution in [0.5, 0.6) is 0 Å². The van der Waals surface area contributed by atoms with Gasteiger partial charge in [0.1, 0.15) is 0 Å². The van der Waals surface area contributed by atoms with E-state index in [-0.39, 0.29) is 104 Å². The molecule has 10 aromatic rings. The molecule has 0 aliphatic rings. The van der Waals surface area contributed by atoms with E-state index in [1.807, 2.05) is 72.8 Å². The molecule has 20 N–H and O–H groups in total. The van der Waals surface area contributed by atoms with Gasteiger partial charge in [-0.3, -0.25) is 86.9 Å². The second-order valence-electron chi connectivity index (χ2n) is 37.0. The first-order valence-corrected chi connectivity index (χ1v) is 55.4. The number of aromatic nitrogens is 2. The summed E-state index contributed by atoms with van der Waals surface area (Å²) in [6, 6.07) is 56.8. The summed E-state index contributed by atoms with van der Waals surface area (Å²) in [5, 5.41) is 107. The van der Waals surface area contributed by atoms with Crippen LogP contribution in [-0.4, -0.2) is 332 Å². The van der Waals surface area contributed by atoms with E-state index in [0.717, 1.165) is 162 Å². The van der Waals surface area contributed by atoms with Gasteiger partial charge in [0.05, 0.1) is 154 Å². The van der Waals surface area contributed by atoms with Crippen LogP contribution in [0.4, 0.5) is 34.1 Å². The van der Waals surface area contributed by atoms with Crippen molar-refractivity contribution in [3.63, 3.8) is 0 Å². The molecule has 0 saturated heterocycles. The summed E-state index contributed by atoms with van der Waals surface area (Å²) in [4.78, 5) is 150. The van der Waals surface area contributed by atoms with Crippen LogP contribution in [-0.2, 0) is 83.5 Å². The molecule has 0 saturated carbocycles. The number of anilines is 6. The summed E-state index contributed by atoms with van der Waals surface area (Å²) >= 11 is -1.98. The van der Waals surface area contributed by atoms with E-state index in [2.05, 4.69) is 109 Å². The molecule has 2 heterocycles. The van der Waals surface area contributed by atoms with Crippen LogP contribution in [0.2, 0.25) is 0 Å². The molecule has 145 heavy (non-hydrogen) atoms. The molecule has 0 spiro atoms. The topological polar surface area (TPSA) is 562 Å². The number of carbonyl (C=O) groups excluding carboxylic acids is 2. The maximum absolute atomic E-state index is 13.0. The summed E-state index contributed by atoms with van der Waals surface area (Å²) in [5.41, 5.74) is 37.1. The summed E-state index contributed by atoms with van der Waals surface area (Å²) in [6.07, 6.45) is 7.59. The Morgan fingerprint density at radius 3 is 0.897 bits per heavy atom. The summed E-state index contributed by atoms with van der Waals surface area (Å²) in [5.74, 6) is 1.80. The van der Waals surface area contributed by atoms with Gasteiger partial charge in [0, 0.05) is 132 Å². The second kappa shape index (κ2) is 60.4. The third kappa shape index (κ3) is 42.9. The summed E-state index contributed by atoms with van der Waals surface area (Å²) in [6.45, 7) is -1.76. The number of nitrogens with one attached hydrogen (secondary N) is 2. The Kier molecular flexibility index (Phi) is 50.5. The van der Waals surface area contributed by atoms with Crippen LogP contribution < -0.4 is 42.7 Å². The van der Waals surface area contributed by atoms with Crippen molar-refractivity contribution in [1.82, 2.24) is 29.4 Å². The van der Waals surface area contributed by atoms with Crippen LogP contribution >= 0.6 is 17.9 Å². The van der Waals surface area contributed by atoms with Crippen molar-refractivity contribution in [3.8, 4) is 22.5 Å². The fourth-order valence-electron chi connectivity index (χ4n) is 17.9. The van der Waals surface area contributed by atoms with Crippen LogP contribution in [0.3, 0.4) is 0 Å². The molecule has 0 bridgehead atoms. The van der Waals surface area contributed by atoms with Crippen LogP contribution in [0, 0.1) is 69.1 Å². The minimum absolute atomic E-state index is 0. The number of carboxylic acids is 10. The number of hydrogen-bond acceptors (Lipinski definition) is 22. The van der Waals surface area contributed by atoms with Crippen LogP contribution in [0.15, 0.2) is 182 Å². The van der Waals surface area contributed by atoms with Gasteiger partial charge in [-0.25, -0.2) is 0 Å². The molecular weight excluding hydrogens is 2220 g/mol. The van der Waals surface area contributed by atoms with Gasteiger partial charge in [0.2, 0.25) is 34.2 Å². The number of rotatable bonds is 60. The van der Waals surface area contributed by atoms with Gasteiger partial charge < -0.3 is 93.6 Å². The predicted octanol–water partition coefficient (Wildman–Crippen LogP) is 10.1. The van der Waals surface area contributed by atoms with Gasteiger partial charge in [-0.2, -0.15) is 9.13 Å². The summed E-state index contributed by atoms with van der Waals surface area (Å²) < 4.78 is 6.36. The van der Waals surface area contributed by atoms with Crippen LogP contribution in [0.25, 0.3) is 65.9 Å². The second-order valence-corrected chi connectivity index (χ2v) is 46.9. The zero-order chi connectivity index (χ0) is 105. The molecule has 10 rings (SSSR count). The molecule has 38 nitrogen and oxygen atoms in total. The van der Waals surface area contributed by atoms with Crippen molar-refractivity contribution in [3.05, 3.63) is 193 Å². The van der Waals surface area contributed by atoms with Crippen molar-refractivity contribution in [2.75, 3.05) is 193 Å². The Labute approximate surface area is 894 Å². The normalized spacial score (nSPS) is 12.1. The first-order valence-electron chi connectivity index (χ1n) is 46.9. The zero-order valence-corrected chi connectivity index (χ0v) is 88.3. The number of hydrogen-bond donors (Lipinski definition) is 16. The largest absolute Gasteiger partial charge is 2.00 e. The standard InChI is InChI=1S/2C51H64N8O11.3ClH.2Gd/c2*1-59(2,25-9-21-58-44-28-38(53)16-20-42(44)41-19-15-37(52)27-43(41)51(58)36-10-5-3-6-11-36)24-8-4-7-12-45(60)54-39-17-13-35(14-18-39)26-40(57(33-49(67)68)34-50(69)70)29-55(30-46(61)62)22-23-56(31-47(63)64)32-48(65)66;;;;;/h2*3,5-6,10-11,13-20,27-28,40,53H,4,7-9,12,21-26,29-34,52H2,1-2H3,(H5-,54,60,61,62,63,64,65,66,67,68,69,70);3*1H;;/q;;;;;+2;+3/p+1. The Hall–Kier alpha value is -10.9. The minimum Gasteiger partial charge on any atom is 2.00 e. The fraction of sp³-hybridized carbons (Fsp3) is 0.392. The van der Waals surface area contributed by atoms with Crippen LogP contribution in [0.1, 0.15) is 75.3 Å². The van der Waals surface area contributed by atoms with Gasteiger partial charge in [-0.1, -0.05) is 72.8 Å². The third-order valence-corrected chi connectivity index (χ3v) is 24.4. The first kappa shape index (κ1) is 121. The number of unbranched alkanes of at least 4 members (excludes halogenated alkanes) is 4. The third-order valence-electron chi connectivity index (χ3n) is 24.4. The van der Waals surface area contributed by atoms with E-state index >= 15 is 0 Å². The Morgan fingerprint density at radius 1 is 0.331 bits per heavy atom. The number of nitrogens with two attached hydrogens (primary N) is 4. The number of quaternary nitrogens is 2. The number of carboxylic acid groups (broad SMARTS) is 10. The number of nitrogen functional groups attached to an aromatic ring is 4. The average Bonchev–Trinajstić information content (AvgIpc) is 0.742. The Balaban J connectivity index is 0.000000376. The monoisotopic (exact) mass is 2350 g/mol. The Bertz CT molecular complexity index is 5640. The fourth-order valence-corrected chi connectivity index (χ4v) is 17.9. The molecule has 783 valence electrons. The molecule has 0 fully saturated rings. The number of aryl methyl sites for hydroxylation is 2. The number of carbonyl (C=O) groups is 12. The van der Waals surface area contributed by atoms with E-state index in [4.69, 9.17) is 40.9 Å². The van der Waals surface area contributed by atoms with E-state index in [0.29, 0.717) is 70.9 Å². The molecular formula is C102H132Cl3Gd2N16O22+6. The summed E-state index contributed by atoms with van der Waals surface area (Å²) in [7, 11) is 8.90. The molecule has 2 atom stereocenters. The first-order chi connectivity index (χ1) is 68.3. The van der Waals surface area contributed by atoms with Crippen molar-refractivity contribution in [1.29, 1.82) is 0 Å². The number of pyridine rings is 2. The van der Waals surface area contributed by atoms with E-state index in [1.165, 1.54) is 19.6 Å². The van der Waals surface area contributed by atoms with Crippen molar-refractivity contribution in [2.24, 2.45) is 0 Å². The van der Waals surface area contributed by atoms with E-state index in [9.17, 15) is 109 Å². The number of halogens is 3. The molecule has 8 aromatic carbocycles. The number of aliphatic carboxylic acids is 10. The van der Waals surface area contributed by atoms with Gasteiger partial charge >= 0.3 is 147 Å². The van der Waals surface area contributed by atoms with E-state index in [1.54, 1.807) is 48.5 Å². The SMILES string of the molecule is C[N+](C)(CCCCCC(=O)Nc1ccc(CC(CN(CCN(CC(=O)O)CC(=O)O)CC(=O)O)N(CC(=O)O)CC(=O)O)cc1)CCC[n+]1c(-c2ccccc2)c2cc(N)ccc2c2ccc(N)cc21.C[N+](C)(CCCCCC(=O)Nc1ccc(CC(CN(CCN(CC(=O)O)CC(=O)O)CC(=O)O)N(CC(=O)O)CC(=O)O)cc1)CCC[n+]1c(-c2ccccc2)c2cc(N)ccc2c2ccc(N)cc21.[Cl][Gd]([Cl])[Cl].[Gd+2]. The molecule has 2 unspecified atom stereocenters. The molecule has 0 radical (unpaired) electrons. The number of benzene rings is 8. The van der Waals surface area contributed by atoms with E-state index < -0.39 is 166 Å². The van der Waals surface area contributed by atoms with Gasteiger partial charge in [-0.05, 0) is 160 Å². The number of nitrogens with zero attached hydrogens (tertiary/aromatic N) is 10. The van der Waals surface area contributed by atoms with Gasteiger partial charge in [0.15, 0.2) is 13.1 Å². The smallest absolute Gasteiger partial charge is 2.00 e. The molecule has 2 amide bonds. The molecule has 43 heteroatoms. The van der Waals surface area contributed by atoms with Crippen molar-refractivity contribution < 1.29 is 196 Å². The maximum atomic E-state index is 13.0. The van der Waals surface area contributed by atoms with Crippen molar-refractivity contribution >= 4 is 167 Å². The maximum Gasteiger partial charge on any atom is 2.00 e. The predicted molar refractivity (Wildman–Crippen MR) is 550 cm³/mol.